The Labute approximate surface area is 151 Å². The molecule has 0 aliphatic carbocycles. The minimum absolute atomic E-state index is 0. The third-order valence-corrected chi connectivity index (χ3v) is 3.45. The molecule has 0 saturated carbocycles. The number of nitrogens with one attached hydrogen (secondary N) is 1. The molecule has 24 heavy (non-hydrogen) atoms. The summed E-state index contributed by atoms with van der Waals surface area (Å²) >= 11 is 0. The van der Waals surface area contributed by atoms with Crippen LogP contribution in [-0.2, 0) is 17.9 Å². The summed E-state index contributed by atoms with van der Waals surface area (Å²) in [4.78, 5) is 0. The fraction of sp³-hybridized carbons (Fsp3) is 0.400. The van der Waals surface area contributed by atoms with E-state index in [-0.39, 0.29) is 12.4 Å². The molecule has 0 spiro atoms. The van der Waals surface area contributed by atoms with Crippen molar-refractivity contribution >= 4 is 12.4 Å². The molecule has 0 saturated heterocycles. The molecule has 2 rings (SSSR count). The summed E-state index contributed by atoms with van der Waals surface area (Å²) in [5.41, 5.74) is 2.45. The third-order valence-electron chi connectivity index (χ3n) is 3.45. The quantitative estimate of drug-likeness (QED) is 0.636. The molecule has 0 aliphatic heterocycles. The second kappa shape index (κ2) is 11.9. The number of rotatable bonds is 10. The standard InChI is InChI=1S/C20H27NO2.ClH/c1-17(2)22-14-6-13-21-15-18-9-11-20(12-10-18)23-16-19-7-4-3-5-8-19;/h3-5,7-12,17,21H,6,13-16H2,1-2H3;1H. The molecule has 0 atom stereocenters. The summed E-state index contributed by atoms with van der Waals surface area (Å²) in [6.07, 6.45) is 1.36. The first-order chi connectivity index (χ1) is 11.2. The number of halogens is 1. The molecule has 132 valence electrons. The first-order valence-corrected chi connectivity index (χ1v) is 8.32. The van der Waals surface area contributed by atoms with Gasteiger partial charge in [-0.3, -0.25) is 0 Å². The maximum atomic E-state index is 5.79. The predicted molar refractivity (Wildman–Crippen MR) is 102 cm³/mol. The molecule has 0 aromatic heterocycles. The Balaban J connectivity index is 0.00000288. The van der Waals surface area contributed by atoms with Crippen LogP contribution in [0.5, 0.6) is 5.75 Å². The number of hydrogen-bond acceptors (Lipinski definition) is 3. The van der Waals surface area contributed by atoms with Crippen LogP contribution in [0.1, 0.15) is 31.4 Å². The molecule has 0 bridgehead atoms. The van der Waals surface area contributed by atoms with Crippen molar-refractivity contribution in [2.75, 3.05) is 13.2 Å². The van der Waals surface area contributed by atoms with Crippen molar-refractivity contribution in [3.8, 4) is 5.75 Å². The lowest BCUT2D eigenvalue weighted by atomic mass is 10.2. The van der Waals surface area contributed by atoms with E-state index in [0.29, 0.717) is 12.7 Å². The van der Waals surface area contributed by atoms with Crippen molar-refractivity contribution in [1.29, 1.82) is 0 Å². The van der Waals surface area contributed by atoms with E-state index in [2.05, 4.69) is 43.4 Å². The van der Waals surface area contributed by atoms with Gasteiger partial charge in [-0.15, -0.1) is 12.4 Å². The van der Waals surface area contributed by atoms with Gasteiger partial charge in [0, 0.05) is 13.2 Å². The molecule has 0 aliphatic rings. The van der Waals surface area contributed by atoms with Crippen LogP contribution in [0.25, 0.3) is 0 Å². The summed E-state index contributed by atoms with van der Waals surface area (Å²) in [7, 11) is 0. The largest absolute Gasteiger partial charge is 0.489 e. The third kappa shape index (κ3) is 8.34. The van der Waals surface area contributed by atoms with Crippen molar-refractivity contribution in [1.82, 2.24) is 5.32 Å². The predicted octanol–water partition coefficient (Wildman–Crippen LogP) is 4.59. The van der Waals surface area contributed by atoms with E-state index in [4.69, 9.17) is 9.47 Å². The smallest absolute Gasteiger partial charge is 0.119 e. The molecular formula is C20H28ClNO2. The zero-order chi connectivity index (χ0) is 16.3. The van der Waals surface area contributed by atoms with Gasteiger partial charge in [-0.2, -0.15) is 0 Å². The second-order valence-electron chi connectivity index (χ2n) is 5.87. The van der Waals surface area contributed by atoms with Crippen molar-refractivity contribution in [3.63, 3.8) is 0 Å². The fourth-order valence-corrected chi connectivity index (χ4v) is 2.19. The van der Waals surface area contributed by atoms with Crippen LogP contribution >= 0.6 is 12.4 Å². The minimum atomic E-state index is 0. The Morgan fingerprint density at radius 3 is 2.29 bits per heavy atom. The Bertz CT molecular complexity index is 543. The van der Waals surface area contributed by atoms with Crippen LogP contribution in [0.4, 0.5) is 0 Å². The van der Waals surface area contributed by atoms with Gasteiger partial charge in [0.1, 0.15) is 12.4 Å². The van der Waals surface area contributed by atoms with Crippen molar-refractivity contribution < 1.29 is 9.47 Å². The van der Waals surface area contributed by atoms with E-state index in [9.17, 15) is 0 Å². The summed E-state index contributed by atoms with van der Waals surface area (Å²) in [6.45, 7) is 7.40. The maximum absolute atomic E-state index is 5.79. The SMILES string of the molecule is CC(C)OCCCNCc1ccc(OCc2ccccc2)cc1.Cl. The summed E-state index contributed by atoms with van der Waals surface area (Å²) in [5, 5.41) is 3.43. The summed E-state index contributed by atoms with van der Waals surface area (Å²) in [5.74, 6) is 0.905. The lowest BCUT2D eigenvalue weighted by Crippen LogP contribution is -2.17. The van der Waals surface area contributed by atoms with E-state index in [0.717, 1.165) is 31.9 Å². The Morgan fingerprint density at radius 1 is 0.917 bits per heavy atom. The van der Waals surface area contributed by atoms with E-state index >= 15 is 0 Å². The molecule has 2 aromatic carbocycles. The van der Waals surface area contributed by atoms with Gasteiger partial charge in [0.05, 0.1) is 6.10 Å². The number of ether oxygens (including phenoxy) is 2. The zero-order valence-corrected chi connectivity index (χ0v) is 15.4. The first-order valence-electron chi connectivity index (χ1n) is 8.32. The van der Waals surface area contributed by atoms with Crippen molar-refractivity contribution in [3.05, 3.63) is 65.7 Å². The molecule has 0 radical (unpaired) electrons. The molecule has 1 N–H and O–H groups in total. The van der Waals surface area contributed by atoms with Crippen LogP contribution < -0.4 is 10.1 Å². The van der Waals surface area contributed by atoms with Gasteiger partial charge >= 0.3 is 0 Å². The van der Waals surface area contributed by atoms with Gasteiger partial charge in [0.15, 0.2) is 0 Å². The van der Waals surface area contributed by atoms with Crippen molar-refractivity contribution in [2.24, 2.45) is 0 Å². The monoisotopic (exact) mass is 349 g/mol. The maximum Gasteiger partial charge on any atom is 0.119 e. The van der Waals surface area contributed by atoms with Crippen LogP contribution in [0.2, 0.25) is 0 Å². The molecule has 0 unspecified atom stereocenters. The van der Waals surface area contributed by atoms with Crippen LogP contribution in [0, 0.1) is 0 Å². The van der Waals surface area contributed by atoms with Gasteiger partial charge in [-0.1, -0.05) is 42.5 Å². The van der Waals surface area contributed by atoms with E-state index in [1.54, 1.807) is 0 Å². The van der Waals surface area contributed by atoms with Gasteiger partial charge in [0.2, 0.25) is 0 Å². The molecular weight excluding hydrogens is 322 g/mol. The van der Waals surface area contributed by atoms with Gasteiger partial charge in [0.25, 0.3) is 0 Å². The average Bonchev–Trinajstić information content (AvgIpc) is 2.58. The Hall–Kier alpha value is -1.55. The van der Waals surface area contributed by atoms with Gasteiger partial charge < -0.3 is 14.8 Å². The first kappa shape index (κ1) is 20.5. The zero-order valence-electron chi connectivity index (χ0n) is 14.5. The topological polar surface area (TPSA) is 30.5 Å². The van der Waals surface area contributed by atoms with E-state index in [1.165, 1.54) is 11.1 Å². The highest BCUT2D eigenvalue weighted by atomic mass is 35.5. The van der Waals surface area contributed by atoms with E-state index in [1.807, 2.05) is 30.3 Å². The molecule has 3 nitrogen and oxygen atoms in total. The molecule has 0 amide bonds. The van der Waals surface area contributed by atoms with Crippen LogP contribution in [0.15, 0.2) is 54.6 Å². The van der Waals surface area contributed by atoms with E-state index < -0.39 is 0 Å². The van der Waals surface area contributed by atoms with Crippen LogP contribution in [-0.4, -0.2) is 19.3 Å². The van der Waals surface area contributed by atoms with Gasteiger partial charge in [-0.05, 0) is 50.1 Å². The lowest BCUT2D eigenvalue weighted by Gasteiger charge is -2.09. The van der Waals surface area contributed by atoms with Crippen molar-refractivity contribution in [2.45, 2.75) is 39.5 Å². The second-order valence-corrected chi connectivity index (χ2v) is 5.87. The Kier molecular flexibility index (Phi) is 10.2. The molecule has 0 heterocycles. The molecule has 4 heteroatoms. The normalized spacial score (nSPS) is 10.5. The van der Waals surface area contributed by atoms with Crippen LogP contribution in [0.3, 0.4) is 0 Å². The lowest BCUT2D eigenvalue weighted by molar-refractivity contribution is 0.0770. The Morgan fingerprint density at radius 2 is 1.62 bits per heavy atom. The molecule has 0 fully saturated rings. The highest BCUT2D eigenvalue weighted by Gasteiger charge is 1.98. The highest BCUT2D eigenvalue weighted by molar-refractivity contribution is 5.85. The molecule has 2 aromatic rings. The summed E-state index contributed by atoms with van der Waals surface area (Å²) in [6, 6.07) is 18.5. The summed E-state index contributed by atoms with van der Waals surface area (Å²) < 4.78 is 11.3. The average molecular weight is 350 g/mol. The van der Waals surface area contributed by atoms with Gasteiger partial charge in [-0.25, -0.2) is 0 Å². The minimum Gasteiger partial charge on any atom is -0.489 e. The highest BCUT2D eigenvalue weighted by Crippen LogP contribution is 2.14. The number of benzene rings is 2. The fourth-order valence-electron chi connectivity index (χ4n) is 2.19. The number of hydrogen-bond donors (Lipinski definition) is 1.